The maximum absolute atomic E-state index is 12.3. The molecule has 0 aliphatic carbocycles. The normalized spacial score (nSPS) is 29.7. The van der Waals surface area contributed by atoms with Crippen LogP contribution in [0, 0.1) is 5.92 Å². The van der Waals surface area contributed by atoms with E-state index in [4.69, 9.17) is 9.84 Å². The number of amides is 1. The summed E-state index contributed by atoms with van der Waals surface area (Å²) < 4.78 is 5.31. The summed E-state index contributed by atoms with van der Waals surface area (Å²) in [4.78, 5) is 24.5. The molecule has 19 heavy (non-hydrogen) atoms. The molecule has 6 nitrogen and oxygen atoms in total. The van der Waals surface area contributed by atoms with Gasteiger partial charge in [0.05, 0.1) is 19.1 Å². The molecule has 2 aliphatic heterocycles. The molecule has 0 aromatic heterocycles. The molecular weight excluding hydrogens is 248 g/mol. The van der Waals surface area contributed by atoms with E-state index in [9.17, 15) is 9.59 Å². The van der Waals surface area contributed by atoms with Gasteiger partial charge in [-0.15, -0.1) is 0 Å². The molecule has 2 aliphatic rings. The van der Waals surface area contributed by atoms with Gasteiger partial charge < -0.3 is 20.1 Å². The second-order valence-corrected chi connectivity index (χ2v) is 5.88. The number of aliphatic carboxylic acids is 1. The summed E-state index contributed by atoms with van der Waals surface area (Å²) in [5.74, 6) is -0.509. The molecule has 0 aromatic rings. The van der Waals surface area contributed by atoms with Crippen molar-refractivity contribution in [3.8, 4) is 0 Å². The van der Waals surface area contributed by atoms with Gasteiger partial charge in [-0.05, 0) is 32.2 Å². The first-order valence-corrected chi connectivity index (χ1v) is 6.79. The fourth-order valence-corrected chi connectivity index (χ4v) is 2.82. The van der Waals surface area contributed by atoms with Gasteiger partial charge >= 0.3 is 5.97 Å². The molecule has 108 valence electrons. The van der Waals surface area contributed by atoms with E-state index in [0.717, 1.165) is 19.4 Å². The van der Waals surface area contributed by atoms with E-state index in [-0.39, 0.29) is 18.6 Å². The van der Waals surface area contributed by atoms with Crippen LogP contribution < -0.4 is 5.32 Å². The lowest BCUT2D eigenvalue weighted by Crippen LogP contribution is -2.67. The largest absolute Gasteiger partial charge is 0.480 e. The fraction of sp³-hybridized carbons (Fsp3) is 0.846. The Morgan fingerprint density at radius 3 is 2.74 bits per heavy atom. The highest BCUT2D eigenvalue weighted by Gasteiger charge is 2.45. The number of ether oxygens (including phenoxy) is 1. The molecule has 0 aromatic carbocycles. The van der Waals surface area contributed by atoms with Crippen molar-refractivity contribution in [2.75, 3.05) is 26.2 Å². The predicted molar refractivity (Wildman–Crippen MR) is 68.8 cm³/mol. The maximum Gasteiger partial charge on any atom is 0.329 e. The van der Waals surface area contributed by atoms with E-state index in [1.807, 2.05) is 6.92 Å². The number of hydrogen-bond donors (Lipinski definition) is 2. The first kappa shape index (κ1) is 14.3. The SMILES string of the molecule is CC1CCCNC1C(=O)N1CC(C)(OCC(=O)O)C1. The van der Waals surface area contributed by atoms with Crippen molar-refractivity contribution in [2.45, 2.75) is 38.3 Å². The van der Waals surface area contributed by atoms with Gasteiger partial charge in [0.25, 0.3) is 0 Å². The summed E-state index contributed by atoms with van der Waals surface area (Å²) in [7, 11) is 0. The minimum atomic E-state index is -0.978. The van der Waals surface area contributed by atoms with Gasteiger partial charge in [-0.2, -0.15) is 0 Å². The highest BCUT2D eigenvalue weighted by molar-refractivity contribution is 5.83. The molecule has 0 spiro atoms. The fourth-order valence-electron chi connectivity index (χ4n) is 2.82. The first-order valence-electron chi connectivity index (χ1n) is 6.79. The lowest BCUT2D eigenvalue weighted by molar-refractivity contribution is -0.175. The molecule has 2 atom stereocenters. The molecule has 2 N–H and O–H groups in total. The highest BCUT2D eigenvalue weighted by Crippen LogP contribution is 2.27. The summed E-state index contributed by atoms with van der Waals surface area (Å²) in [5, 5.41) is 11.9. The number of likely N-dealkylation sites (tertiary alicyclic amines) is 1. The van der Waals surface area contributed by atoms with Crippen LogP contribution in [0.2, 0.25) is 0 Å². The maximum atomic E-state index is 12.3. The van der Waals surface area contributed by atoms with Gasteiger partial charge in [-0.1, -0.05) is 6.92 Å². The van der Waals surface area contributed by atoms with E-state index in [1.54, 1.807) is 4.90 Å². The Hall–Kier alpha value is -1.14. The monoisotopic (exact) mass is 270 g/mol. The molecule has 2 saturated heterocycles. The van der Waals surface area contributed by atoms with Crippen LogP contribution in [-0.4, -0.2) is 59.8 Å². The molecule has 6 heteroatoms. The van der Waals surface area contributed by atoms with Crippen LogP contribution in [0.5, 0.6) is 0 Å². The van der Waals surface area contributed by atoms with Crippen molar-refractivity contribution < 1.29 is 19.4 Å². The van der Waals surface area contributed by atoms with Crippen molar-refractivity contribution >= 4 is 11.9 Å². The Bertz CT molecular complexity index is 366. The van der Waals surface area contributed by atoms with Crippen LogP contribution in [0.1, 0.15) is 26.7 Å². The van der Waals surface area contributed by atoms with E-state index >= 15 is 0 Å². The number of carbonyl (C=O) groups excluding carboxylic acids is 1. The smallest absolute Gasteiger partial charge is 0.329 e. The van der Waals surface area contributed by atoms with Crippen LogP contribution >= 0.6 is 0 Å². The molecule has 2 fully saturated rings. The van der Waals surface area contributed by atoms with E-state index in [0.29, 0.717) is 19.0 Å². The number of nitrogens with one attached hydrogen (secondary N) is 1. The van der Waals surface area contributed by atoms with Crippen LogP contribution in [0.25, 0.3) is 0 Å². The Balaban J connectivity index is 1.82. The average molecular weight is 270 g/mol. The topological polar surface area (TPSA) is 78.9 Å². The number of piperidine rings is 1. The lowest BCUT2D eigenvalue weighted by Gasteiger charge is -2.49. The van der Waals surface area contributed by atoms with Crippen LogP contribution in [0.4, 0.5) is 0 Å². The summed E-state index contributed by atoms with van der Waals surface area (Å²) in [5.41, 5.74) is -0.508. The van der Waals surface area contributed by atoms with Crippen molar-refractivity contribution in [1.29, 1.82) is 0 Å². The van der Waals surface area contributed by atoms with Crippen LogP contribution in [-0.2, 0) is 14.3 Å². The van der Waals surface area contributed by atoms with Crippen molar-refractivity contribution in [2.24, 2.45) is 5.92 Å². The van der Waals surface area contributed by atoms with Gasteiger partial charge in [0.15, 0.2) is 0 Å². The number of carboxylic acid groups (broad SMARTS) is 1. The third-order valence-electron chi connectivity index (χ3n) is 3.94. The number of nitrogens with zero attached hydrogens (tertiary/aromatic N) is 1. The number of carboxylic acids is 1. The molecule has 0 bridgehead atoms. The molecule has 2 heterocycles. The van der Waals surface area contributed by atoms with E-state index in [1.165, 1.54) is 0 Å². The predicted octanol–water partition coefficient (Wildman–Crippen LogP) is 0.0766. The Morgan fingerprint density at radius 2 is 2.16 bits per heavy atom. The summed E-state index contributed by atoms with van der Waals surface area (Å²) in [6, 6.07) is -0.0993. The van der Waals surface area contributed by atoms with Gasteiger partial charge in [-0.25, -0.2) is 4.79 Å². The minimum Gasteiger partial charge on any atom is -0.480 e. The first-order chi connectivity index (χ1) is 8.91. The highest BCUT2D eigenvalue weighted by atomic mass is 16.5. The number of carbonyl (C=O) groups is 2. The molecule has 2 unspecified atom stereocenters. The Kier molecular flexibility index (Phi) is 4.10. The zero-order valence-corrected chi connectivity index (χ0v) is 11.5. The Morgan fingerprint density at radius 1 is 1.47 bits per heavy atom. The quantitative estimate of drug-likeness (QED) is 0.756. The Labute approximate surface area is 113 Å². The summed E-state index contributed by atoms with van der Waals surface area (Å²) >= 11 is 0. The zero-order chi connectivity index (χ0) is 14.0. The molecular formula is C13H22N2O4. The lowest BCUT2D eigenvalue weighted by atomic mass is 9.89. The third kappa shape index (κ3) is 3.25. The standard InChI is InChI=1S/C13H22N2O4/c1-9-4-3-5-14-11(9)12(18)15-7-13(2,8-15)19-6-10(16)17/h9,11,14H,3-8H2,1-2H3,(H,16,17). The minimum absolute atomic E-state index is 0.0993. The van der Waals surface area contributed by atoms with Gasteiger partial charge in [0.1, 0.15) is 12.2 Å². The second-order valence-electron chi connectivity index (χ2n) is 5.88. The summed E-state index contributed by atoms with van der Waals surface area (Å²) in [6.45, 7) is 5.47. The van der Waals surface area contributed by atoms with Crippen LogP contribution in [0.3, 0.4) is 0 Å². The molecule has 2 rings (SSSR count). The van der Waals surface area contributed by atoms with E-state index < -0.39 is 11.6 Å². The average Bonchev–Trinajstić information content (AvgIpc) is 2.33. The third-order valence-corrected chi connectivity index (χ3v) is 3.94. The van der Waals surface area contributed by atoms with Crippen molar-refractivity contribution in [1.82, 2.24) is 10.2 Å². The van der Waals surface area contributed by atoms with Crippen molar-refractivity contribution in [3.63, 3.8) is 0 Å². The second kappa shape index (κ2) is 5.46. The molecule has 1 amide bonds. The van der Waals surface area contributed by atoms with Gasteiger partial charge in [0.2, 0.25) is 5.91 Å². The van der Waals surface area contributed by atoms with Gasteiger partial charge in [-0.3, -0.25) is 4.79 Å². The number of rotatable bonds is 4. The van der Waals surface area contributed by atoms with Crippen LogP contribution in [0.15, 0.2) is 0 Å². The van der Waals surface area contributed by atoms with Crippen molar-refractivity contribution in [3.05, 3.63) is 0 Å². The number of hydrogen-bond acceptors (Lipinski definition) is 4. The molecule has 0 radical (unpaired) electrons. The van der Waals surface area contributed by atoms with Gasteiger partial charge in [0, 0.05) is 0 Å². The summed E-state index contributed by atoms with van der Waals surface area (Å²) in [6.07, 6.45) is 2.19. The van der Waals surface area contributed by atoms with E-state index in [2.05, 4.69) is 12.2 Å². The molecule has 0 saturated carbocycles. The zero-order valence-electron chi connectivity index (χ0n) is 11.5.